The van der Waals surface area contributed by atoms with E-state index < -0.39 is 5.92 Å². The number of nitrogens with one attached hydrogen (secondary N) is 1. The van der Waals surface area contributed by atoms with Crippen molar-refractivity contribution in [2.75, 3.05) is 27.3 Å². The van der Waals surface area contributed by atoms with E-state index in [9.17, 15) is 8.78 Å². The Morgan fingerprint density at radius 1 is 1.15 bits per heavy atom. The molecule has 0 radical (unpaired) electrons. The topological polar surface area (TPSA) is 30.5 Å². The molecule has 5 heteroatoms. The predicted molar refractivity (Wildman–Crippen MR) is 74.0 cm³/mol. The van der Waals surface area contributed by atoms with Gasteiger partial charge in [-0.25, -0.2) is 8.78 Å². The third kappa shape index (κ3) is 3.03. The first-order valence-corrected chi connectivity index (χ1v) is 6.82. The fourth-order valence-corrected chi connectivity index (χ4v) is 2.68. The van der Waals surface area contributed by atoms with Crippen molar-refractivity contribution < 1.29 is 18.3 Å². The summed E-state index contributed by atoms with van der Waals surface area (Å²) in [5, 5.41) is 3.28. The number of hydrogen-bond donors (Lipinski definition) is 1. The molecule has 0 saturated carbocycles. The number of ether oxygens (including phenoxy) is 2. The molecular formula is C15H21F2NO2. The highest BCUT2D eigenvalue weighted by Crippen LogP contribution is 2.43. The first kappa shape index (κ1) is 15.0. The van der Waals surface area contributed by atoms with Crippen molar-refractivity contribution in [2.24, 2.45) is 0 Å². The van der Waals surface area contributed by atoms with Gasteiger partial charge in [-0.15, -0.1) is 0 Å². The van der Waals surface area contributed by atoms with E-state index in [2.05, 4.69) is 5.32 Å². The lowest BCUT2D eigenvalue weighted by Gasteiger charge is -2.26. The Labute approximate surface area is 118 Å². The average Bonchev–Trinajstić information content (AvgIpc) is 2.45. The van der Waals surface area contributed by atoms with Gasteiger partial charge in [0.05, 0.1) is 14.2 Å². The van der Waals surface area contributed by atoms with Crippen molar-refractivity contribution in [1.29, 1.82) is 0 Å². The van der Waals surface area contributed by atoms with Gasteiger partial charge in [0.2, 0.25) is 0 Å². The summed E-state index contributed by atoms with van der Waals surface area (Å²) in [7, 11) is 3.02. The molecule has 3 nitrogen and oxygen atoms in total. The van der Waals surface area contributed by atoms with Crippen molar-refractivity contribution in [3.63, 3.8) is 0 Å². The molecule has 20 heavy (non-hydrogen) atoms. The van der Waals surface area contributed by atoms with Crippen molar-refractivity contribution in [3.05, 3.63) is 23.3 Å². The highest BCUT2D eigenvalue weighted by molar-refractivity contribution is 5.52. The predicted octanol–water partition coefficient (Wildman–Crippen LogP) is 3.28. The molecule has 0 unspecified atom stereocenters. The Hall–Kier alpha value is -1.36. The van der Waals surface area contributed by atoms with Crippen LogP contribution in [0.1, 0.15) is 36.8 Å². The van der Waals surface area contributed by atoms with Crippen molar-refractivity contribution >= 4 is 0 Å². The van der Waals surface area contributed by atoms with Crippen molar-refractivity contribution in [2.45, 2.75) is 31.6 Å². The number of piperidine rings is 1. The highest BCUT2D eigenvalue weighted by atomic mass is 19.3. The smallest absolute Gasteiger partial charge is 0.270 e. The molecule has 0 atom stereocenters. The molecule has 0 aromatic heterocycles. The highest BCUT2D eigenvalue weighted by Gasteiger charge is 2.30. The van der Waals surface area contributed by atoms with Crippen LogP contribution in [0, 0.1) is 0 Å². The van der Waals surface area contributed by atoms with Gasteiger partial charge < -0.3 is 14.8 Å². The van der Waals surface area contributed by atoms with Gasteiger partial charge >= 0.3 is 0 Å². The summed E-state index contributed by atoms with van der Waals surface area (Å²) < 4.78 is 37.9. The Kier molecular flexibility index (Phi) is 4.48. The number of benzene rings is 1. The lowest BCUT2D eigenvalue weighted by atomic mass is 9.87. The van der Waals surface area contributed by atoms with E-state index in [1.165, 1.54) is 13.2 Å². The molecule has 1 aliphatic heterocycles. The summed E-state index contributed by atoms with van der Waals surface area (Å²) in [4.78, 5) is 0. The molecule has 1 aliphatic rings. The Morgan fingerprint density at radius 2 is 1.80 bits per heavy atom. The second-order valence-corrected chi connectivity index (χ2v) is 5.21. The fourth-order valence-electron chi connectivity index (χ4n) is 2.68. The van der Waals surface area contributed by atoms with Gasteiger partial charge in [0.25, 0.3) is 5.92 Å². The minimum atomic E-state index is -2.89. The molecule has 0 spiro atoms. The molecule has 2 rings (SSSR count). The van der Waals surface area contributed by atoms with Crippen LogP contribution in [0.25, 0.3) is 0 Å². The summed E-state index contributed by atoms with van der Waals surface area (Å²) in [5.74, 6) is -1.71. The Morgan fingerprint density at radius 3 is 2.30 bits per heavy atom. The number of rotatable bonds is 4. The summed E-state index contributed by atoms with van der Waals surface area (Å²) >= 11 is 0. The third-order valence-electron chi connectivity index (χ3n) is 3.79. The fraction of sp³-hybridized carbons (Fsp3) is 0.600. The maximum Gasteiger partial charge on any atom is 0.270 e. The Bertz CT molecular complexity index is 466. The monoisotopic (exact) mass is 285 g/mol. The normalized spacial score (nSPS) is 17.1. The van der Waals surface area contributed by atoms with E-state index >= 15 is 0 Å². The van der Waals surface area contributed by atoms with Gasteiger partial charge in [-0.1, -0.05) is 0 Å². The van der Waals surface area contributed by atoms with E-state index in [0.29, 0.717) is 11.5 Å². The second-order valence-electron chi connectivity index (χ2n) is 5.21. The van der Waals surface area contributed by atoms with Gasteiger partial charge in [-0.2, -0.15) is 0 Å². The van der Waals surface area contributed by atoms with Crippen LogP contribution in [0.2, 0.25) is 0 Å². The van der Waals surface area contributed by atoms with E-state index in [4.69, 9.17) is 9.47 Å². The lowest BCUT2D eigenvalue weighted by molar-refractivity contribution is 0.0171. The number of halogens is 2. The standard InChI is InChI=1S/C15H21F2NO2/c1-15(16,17)11-8-12(10-4-6-18-7-5-10)14(20-3)13(9-11)19-2/h8-10,18H,4-7H2,1-3H3. The van der Waals surface area contributed by atoms with Crippen molar-refractivity contribution in [3.8, 4) is 11.5 Å². The van der Waals surface area contributed by atoms with Crippen LogP contribution in [0.3, 0.4) is 0 Å². The summed E-state index contributed by atoms with van der Waals surface area (Å²) in [6.45, 7) is 2.69. The van der Waals surface area contributed by atoms with Gasteiger partial charge in [0.15, 0.2) is 11.5 Å². The quantitative estimate of drug-likeness (QED) is 0.921. The zero-order valence-corrected chi connectivity index (χ0v) is 12.1. The number of alkyl halides is 2. The molecule has 0 aliphatic carbocycles. The molecule has 0 amide bonds. The first-order chi connectivity index (χ1) is 9.47. The van der Waals surface area contributed by atoms with Crippen LogP contribution in [0.5, 0.6) is 11.5 Å². The van der Waals surface area contributed by atoms with Gasteiger partial charge in [-0.05, 0) is 44.0 Å². The zero-order valence-electron chi connectivity index (χ0n) is 12.1. The average molecular weight is 285 g/mol. The number of hydrogen-bond acceptors (Lipinski definition) is 3. The van der Waals surface area contributed by atoms with Crippen LogP contribution in [0.15, 0.2) is 12.1 Å². The van der Waals surface area contributed by atoms with E-state index in [-0.39, 0.29) is 11.5 Å². The lowest BCUT2D eigenvalue weighted by Crippen LogP contribution is -2.27. The third-order valence-corrected chi connectivity index (χ3v) is 3.79. The maximum atomic E-state index is 13.6. The van der Waals surface area contributed by atoms with Gasteiger partial charge in [0, 0.05) is 18.1 Å². The molecule has 1 saturated heterocycles. The summed E-state index contributed by atoms with van der Waals surface area (Å²) in [5.41, 5.74) is 0.800. The van der Waals surface area contributed by atoms with Crippen LogP contribution in [-0.4, -0.2) is 27.3 Å². The molecule has 1 aromatic rings. The minimum Gasteiger partial charge on any atom is -0.493 e. The summed E-state index contributed by atoms with van der Waals surface area (Å²) in [6.07, 6.45) is 1.83. The molecule has 0 bridgehead atoms. The van der Waals surface area contributed by atoms with Crippen LogP contribution >= 0.6 is 0 Å². The molecule has 1 heterocycles. The van der Waals surface area contributed by atoms with E-state index in [0.717, 1.165) is 38.4 Å². The van der Waals surface area contributed by atoms with Gasteiger partial charge in [-0.3, -0.25) is 0 Å². The molecule has 1 aromatic carbocycles. The maximum absolute atomic E-state index is 13.6. The summed E-state index contributed by atoms with van der Waals surface area (Å²) in [6, 6.07) is 2.93. The molecule has 1 N–H and O–H groups in total. The Balaban J connectivity index is 2.50. The largest absolute Gasteiger partial charge is 0.493 e. The van der Waals surface area contributed by atoms with Crippen LogP contribution in [0.4, 0.5) is 8.78 Å². The minimum absolute atomic E-state index is 0.0244. The first-order valence-electron chi connectivity index (χ1n) is 6.82. The van der Waals surface area contributed by atoms with Gasteiger partial charge in [0.1, 0.15) is 0 Å². The van der Waals surface area contributed by atoms with E-state index in [1.807, 2.05) is 0 Å². The SMILES string of the molecule is COc1cc(C(C)(F)F)cc(C2CCNCC2)c1OC. The second kappa shape index (κ2) is 5.95. The number of methoxy groups -OCH3 is 2. The molecular weight excluding hydrogens is 264 g/mol. The molecule has 112 valence electrons. The van der Waals surface area contributed by atoms with Crippen LogP contribution < -0.4 is 14.8 Å². The zero-order chi connectivity index (χ0) is 14.8. The van der Waals surface area contributed by atoms with E-state index in [1.54, 1.807) is 13.2 Å². The van der Waals surface area contributed by atoms with Crippen LogP contribution in [-0.2, 0) is 5.92 Å². The van der Waals surface area contributed by atoms with Crippen molar-refractivity contribution in [1.82, 2.24) is 5.32 Å². The molecule has 1 fully saturated rings.